The van der Waals surface area contributed by atoms with Crippen LogP contribution in [0.3, 0.4) is 0 Å². The summed E-state index contributed by atoms with van der Waals surface area (Å²) < 4.78 is 5.17. The van der Waals surface area contributed by atoms with Crippen molar-refractivity contribution in [3.8, 4) is 0 Å². The van der Waals surface area contributed by atoms with Crippen LogP contribution in [0.15, 0.2) is 6.07 Å². The summed E-state index contributed by atoms with van der Waals surface area (Å²) in [5.74, 6) is -0.0405. The molecule has 0 bridgehead atoms. The summed E-state index contributed by atoms with van der Waals surface area (Å²) >= 11 is 0. The van der Waals surface area contributed by atoms with E-state index in [-0.39, 0.29) is 36.3 Å². The molecular formula is C11H17N5O3. The van der Waals surface area contributed by atoms with Crippen LogP contribution in [0.25, 0.3) is 0 Å². The molecule has 0 aromatic carbocycles. The van der Waals surface area contributed by atoms with Gasteiger partial charge in [-0.25, -0.2) is 0 Å². The second-order valence-corrected chi connectivity index (χ2v) is 4.21. The van der Waals surface area contributed by atoms with Crippen molar-refractivity contribution in [3.63, 3.8) is 0 Å². The number of hydrogen-bond acceptors (Lipinski definition) is 5. The zero-order chi connectivity index (χ0) is 13.7. The van der Waals surface area contributed by atoms with E-state index in [0.29, 0.717) is 26.3 Å². The fourth-order valence-corrected chi connectivity index (χ4v) is 1.80. The van der Waals surface area contributed by atoms with Gasteiger partial charge in [-0.3, -0.25) is 14.7 Å². The third-order valence-corrected chi connectivity index (χ3v) is 2.83. The number of nitrogens with two attached hydrogens (primary N) is 1. The molecule has 2 rings (SSSR count). The number of aromatic nitrogens is 2. The molecule has 1 aromatic rings. The molecule has 8 nitrogen and oxygen atoms in total. The van der Waals surface area contributed by atoms with E-state index >= 15 is 0 Å². The quantitative estimate of drug-likeness (QED) is 0.645. The Morgan fingerprint density at radius 3 is 2.84 bits per heavy atom. The van der Waals surface area contributed by atoms with Gasteiger partial charge in [-0.15, -0.1) is 0 Å². The van der Waals surface area contributed by atoms with Gasteiger partial charge in [-0.1, -0.05) is 0 Å². The number of nitrogen functional groups attached to an aromatic ring is 1. The molecule has 19 heavy (non-hydrogen) atoms. The summed E-state index contributed by atoms with van der Waals surface area (Å²) in [7, 11) is 0. The van der Waals surface area contributed by atoms with Crippen molar-refractivity contribution in [2.75, 3.05) is 38.6 Å². The molecule has 0 unspecified atom stereocenters. The standard InChI is InChI=1S/C11H17N5O3/c12-9-7-8(14-15-9)11(18)13-2-1-10(17)16-3-5-19-6-4-16/h7H,1-6H2,(H,13,18)(H3,12,14,15). The van der Waals surface area contributed by atoms with Crippen molar-refractivity contribution in [2.45, 2.75) is 6.42 Å². The van der Waals surface area contributed by atoms with Gasteiger partial charge in [0.1, 0.15) is 11.5 Å². The van der Waals surface area contributed by atoms with Crippen LogP contribution in [0.4, 0.5) is 5.82 Å². The monoisotopic (exact) mass is 267 g/mol. The number of anilines is 1. The molecule has 1 aromatic heterocycles. The van der Waals surface area contributed by atoms with Gasteiger partial charge in [0.25, 0.3) is 5.91 Å². The molecule has 0 aliphatic carbocycles. The average Bonchev–Trinajstić information content (AvgIpc) is 2.86. The van der Waals surface area contributed by atoms with Crippen molar-refractivity contribution in [1.29, 1.82) is 0 Å². The molecule has 8 heteroatoms. The number of carbonyl (C=O) groups is 2. The van der Waals surface area contributed by atoms with Crippen molar-refractivity contribution in [1.82, 2.24) is 20.4 Å². The number of hydrogen-bond donors (Lipinski definition) is 3. The van der Waals surface area contributed by atoms with Crippen LogP contribution in [0, 0.1) is 0 Å². The van der Waals surface area contributed by atoms with Crippen molar-refractivity contribution in [2.24, 2.45) is 0 Å². The van der Waals surface area contributed by atoms with E-state index in [1.807, 2.05) is 0 Å². The first kappa shape index (κ1) is 13.3. The van der Waals surface area contributed by atoms with Crippen LogP contribution < -0.4 is 11.1 Å². The second-order valence-electron chi connectivity index (χ2n) is 4.21. The molecule has 1 aliphatic rings. The van der Waals surface area contributed by atoms with Crippen molar-refractivity contribution < 1.29 is 14.3 Å². The minimum atomic E-state index is -0.320. The average molecular weight is 267 g/mol. The first-order valence-electron chi connectivity index (χ1n) is 6.11. The van der Waals surface area contributed by atoms with E-state index < -0.39 is 0 Å². The largest absolute Gasteiger partial charge is 0.382 e. The van der Waals surface area contributed by atoms with Gasteiger partial charge >= 0.3 is 0 Å². The Morgan fingerprint density at radius 1 is 1.47 bits per heavy atom. The Balaban J connectivity index is 1.71. The van der Waals surface area contributed by atoms with Gasteiger partial charge in [0.15, 0.2) is 0 Å². The summed E-state index contributed by atoms with van der Waals surface area (Å²) in [6, 6.07) is 1.44. The minimum absolute atomic E-state index is 0.0210. The molecule has 2 heterocycles. The van der Waals surface area contributed by atoms with Gasteiger partial charge < -0.3 is 20.7 Å². The number of ether oxygens (including phenoxy) is 1. The molecule has 0 atom stereocenters. The van der Waals surface area contributed by atoms with Gasteiger partial charge in [-0.2, -0.15) is 5.10 Å². The highest BCUT2D eigenvalue weighted by Crippen LogP contribution is 2.01. The molecule has 0 spiro atoms. The van der Waals surface area contributed by atoms with Gasteiger partial charge in [0.05, 0.1) is 13.2 Å². The Bertz CT molecular complexity index is 453. The summed E-state index contributed by atoms with van der Waals surface area (Å²) in [6.45, 7) is 2.67. The number of morpholine rings is 1. The lowest BCUT2D eigenvalue weighted by Gasteiger charge is -2.26. The third kappa shape index (κ3) is 3.68. The second kappa shape index (κ2) is 6.19. The Labute approximate surface area is 110 Å². The summed E-state index contributed by atoms with van der Waals surface area (Å²) in [6.07, 6.45) is 0.273. The number of aromatic amines is 1. The van der Waals surface area contributed by atoms with E-state index in [9.17, 15) is 9.59 Å². The van der Waals surface area contributed by atoms with Crippen LogP contribution in [0.5, 0.6) is 0 Å². The molecule has 2 amide bonds. The molecule has 1 saturated heterocycles. The number of amides is 2. The smallest absolute Gasteiger partial charge is 0.269 e. The molecule has 1 aliphatic heterocycles. The predicted molar refractivity (Wildman–Crippen MR) is 67.3 cm³/mol. The number of rotatable bonds is 4. The first-order chi connectivity index (χ1) is 9.16. The van der Waals surface area contributed by atoms with Crippen LogP contribution in [0.2, 0.25) is 0 Å². The van der Waals surface area contributed by atoms with E-state index in [4.69, 9.17) is 10.5 Å². The third-order valence-electron chi connectivity index (χ3n) is 2.83. The molecule has 4 N–H and O–H groups in total. The Kier molecular flexibility index (Phi) is 4.35. The molecule has 0 radical (unpaired) electrons. The maximum atomic E-state index is 11.8. The highest BCUT2D eigenvalue weighted by Gasteiger charge is 2.16. The molecular weight excluding hydrogens is 250 g/mol. The maximum Gasteiger partial charge on any atom is 0.269 e. The fourth-order valence-electron chi connectivity index (χ4n) is 1.80. The van der Waals surface area contributed by atoms with Gasteiger partial charge in [0, 0.05) is 32.1 Å². The van der Waals surface area contributed by atoms with E-state index in [1.165, 1.54) is 6.07 Å². The highest BCUT2D eigenvalue weighted by molar-refractivity contribution is 5.93. The Morgan fingerprint density at radius 2 is 2.21 bits per heavy atom. The zero-order valence-electron chi connectivity index (χ0n) is 10.5. The van der Waals surface area contributed by atoms with Gasteiger partial charge in [0.2, 0.25) is 5.91 Å². The predicted octanol–water partition coefficient (Wildman–Crippen LogP) is -1.03. The van der Waals surface area contributed by atoms with E-state index in [0.717, 1.165) is 0 Å². The first-order valence-corrected chi connectivity index (χ1v) is 6.11. The van der Waals surface area contributed by atoms with E-state index in [2.05, 4.69) is 15.5 Å². The Hall–Kier alpha value is -2.09. The van der Waals surface area contributed by atoms with Crippen molar-refractivity contribution in [3.05, 3.63) is 11.8 Å². The topological polar surface area (TPSA) is 113 Å². The summed E-state index contributed by atoms with van der Waals surface area (Å²) in [5, 5.41) is 8.80. The maximum absolute atomic E-state index is 11.8. The summed E-state index contributed by atoms with van der Waals surface area (Å²) in [4.78, 5) is 25.2. The zero-order valence-corrected chi connectivity index (χ0v) is 10.5. The van der Waals surface area contributed by atoms with Crippen LogP contribution in [-0.2, 0) is 9.53 Å². The number of H-pyrrole nitrogens is 1. The fraction of sp³-hybridized carbons (Fsp3) is 0.545. The van der Waals surface area contributed by atoms with Crippen LogP contribution in [0.1, 0.15) is 16.9 Å². The SMILES string of the molecule is Nc1cc(C(=O)NCCC(=O)N2CCOCC2)[nH]n1. The highest BCUT2D eigenvalue weighted by atomic mass is 16.5. The summed E-state index contributed by atoms with van der Waals surface area (Å²) in [5.41, 5.74) is 5.68. The lowest BCUT2D eigenvalue weighted by molar-refractivity contribution is -0.135. The minimum Gasteiger partial charge on any atom is -0.382 e. The molecule has 104 valence electrons. The molecule has 1 fully saturated rings. The normalized spacial score (nSPS) is 15.3. The van der Waals surface area contributed by atoms with Crippen molar-refractivity contribution >= 4 is 17.6 Å². The lowest BCUT2D eigenvalue weighted by atomic mass is 10.3. The number of nitrogens with zero attached hydrogens (tertiary/aromatic N) is 2. The number of nitrogens with one attached hydrogen (secondary N) is 2. The van der Waals surface area contributed by atoms with Crippen LogP contribution >= 0.6 is 0 Å². The van der Waals surface area contributed by atoms with Gasteiger partial charge in [-0.05, 0) is 0 Å². The lowest BCUT2D eigenvalue weighted by Crippen LogP contribution is -2.42. The van der Waals surface area contributed by atoms with E-state index in [1.54, 1.807) is 4.90 Å². The van der Waals surface area contributed by atoms with Crippen LogP contribution in [-0.4, -0.2) is 59.8 Å². The number of carbonyl (C=O) groups excluding carboxylic acids is 2. The molecule has 0 saturated carbocycles.